The Morgan fingerprint density at radius 3 is 2.81 bits per heavy atom. The molecule has 0 saturated heterocycles. The Kier molecular flexibility index (Phi) is 4.51. The zero-order chi connectivity index (χ0) is 12.0. The average molecular weight is 220 g/mol. The zero-order valence-electron chi connectivity index (χ0n) is 10.3. The molecule has 1 atom stereocenters. The summed E-state index contributed by atoms with van der Waals surface area (Å²) in [6, 6.07) is 2.30. The molecule has 0 bridgehead atoms. The van der Waals surface area contributed by atoms with Crippen LogP contribution in [0.4, 0.5) is 0 Å². The lowest BCUT2D eigenvalue weighted by molar-refractivity contribution is 0.423. The van der Waals surface area contributed by atoms with Crippen molar-refractivity contribution >= 4 is 0 Å². The number of unbranched alkanes of at least 4 members (excludes halogenated alkanes) is 1. The van der Waals surface area contributed by atoms with E-state index in [1.807, 2.05) is 33.3 Å². The SMILES string of the molecule is CNC(C)(C#N)CCCCn1ccnc1C. The molecule has 4 nitrogen and oxygen atoms in total. The topological polar surface area (TPSA) is 53.6 Å². The second kappa shape index (κ2) is 5.66. The van der Waals surface area contributed by atoms with E-state index in [4.69, 9.17) is 5.26 Å². The maximum Gasteiger partial charge on any atom is 0.105 e. The van der Waals surface area contributed by atoms with Crippen molar-refractivity contribution in [3.8, 4) is 6.07 Å². The first kappa shape index (κ1) is 12.7. The van der Waals surface area contributed by atoms with Crippen molar-refractivity contribution in [3.63, 3.8) is 0 Å². The molecule has 0 amide bonds. The first-order chi connectivity index (χ1) is 7.61. The number of hydrogen-bond acceptors (Lipinski definition) is 3. The second-order valence-electron chi connectivity index (χ2n) is 4.32. The molecule has 1 heterocycles. The predicted octanol–water partition coefficient (Wildman–Crippen LogP) is 1.86. The summed E-state index contributed by atoms with van der Waals surface area (Å²) in [7, 11) is 1.84. The summed E-state index contributed by atoms with van der Waals surface area (Å²) < 4.78 is 2.14. The Labute approximate surface area is 97.3 Å². The van der Waals surface area contributed by atoms with Gasteiger partial charge in [-0.1, -0.05) is 0 Å². The van der Waals surface area contributed by atoms with Gasteiger partial charge in [-0.05, 0) is 40.2 Å². The highest BCUT2D eigenvalue weighted by atomic mass is 15.0. The van der Waals surface area contributed by atoms with Gasteiger partial charge in [0.2, 0.25) is 0 Å². The number of nitrogens with zero attached hydrogens (tertiary/aromatic N) is 3. The zero-order valence-corrected chi connectivity index (χ0v) is 10.3. The summed E-state index contributed by atoms with van der Waals surface area (Å²) in [6.45, 7) is 4.93. The van der Waals surface area contributed by atoms with Crippen molar-refractivity contribution in [1.82, 2.24) is 14.9 Å². The molecular formula is C12H20N4. The molecular weight excluding hydrogens is 200 g/mol. The minimum absolute atomic E-state index is 0.385. The van der Waals surface area contributed by atoms with Crippen molar-refractivity contribution < 1.29 is 0 Å². The van der Waals surface area contributed by atoms with E-state index >= 15 is 0 Å². The molecule has 0 spiro atoms. The number of hydrogen-bond donors (Lipinski definition) is 1. The fourth-order valence-electron chi connectivity index (χ4n) is 1.64. The summed E-state index contributed by atoms with van der Waals surface area (Å²) in [6.07, 6.45) is 6.83. The molecule has 88 valence electrons. The van der Waals surface area contributed by atoms with Crippen molar-refractivity contribution in [2.24, 2.45) is 0 Å². The first-order valence-electron chi connectivity index (χ1n) is 5.69. The van der Waals surface area contributed by atoms with Crippen molar-refractivity contribution in [3.05, 3.63) is 18.2 Å². The monoisotopic (exact) mass is 220 g/mol. The summed E-state index contributed by atoms with van der Waals surface area (Å²) in [5.74, 6) is 1.05. The maximum absolute atomic E-state index is 8.98. The van der Waals surface area contributed by atoms with E-state index in [0.717, 1.165) is 31.6 Å². The van der Waals surface area contributed by atoms with E-state index in [-0.39, 0.29) is 5.54 Å². The van der Waals surface area contributed by atoms with E-state index in [1.54, 1.807) is 0 Å². The molecule has 4 heteroatoms. The quantitative estimate of drug-likeness (QED) is 0.744. The molecule has 0 aliphatic heterocycles. The first-order valence-corrected chi connectivity index (χ1v) is 5.69. The predicted molar refractivity (Wildman–Crippen MR) is 63.9 cm³/mol. The number of imidazole rings is 1. The van der Waals surface area contributed by atoms with Crippen LogP contribution in [-0.4, -0.2) is 22.1 Å². The maximum atomic E-state index is 8.98. The van der Waals surface area contributed by atoms with Crippen LogP contribution in [-0.2, 0) is 6.54 Å². The molecule has 0 fully saturated rings. The van der Waals surface area contributed by atoms with E-state index in [0.29, 0.717) is 0 Å². The number of rotatable bonds is 6. The van der Waals surface area contributed by atoms with Crippen LogP contribution in [0.5, 0.6) is 0 Å². The van der Waals surface area contributed by atoms with Crippen LogP contribution in [0.2, 0.25) is 0 Å². The smallest absolute Gasteiger partial charge is 0.105 e. The van der Waals surface area contributed by atoms with Gasteiger partial charge in [0.25, 0.3) is 0 Å². The number of nitrogens with one attached hydrogen (secondary N) is 1. The van der Waals surface area contributed by atoms with Crippen LogP contribution in [0.25, 0.3) is 0 Å². The lowest BCUT2D eigenvalue weighted by Gasteiger charge is -2.20. The molecule has 0 aliphatic carbocycles. The third-order valence-corrected chi connectivity index (χ3v) is 3.05. The van der Waals surface area contributed by atoms with Gasteiger partial charge in [-0.25, -0.2) is 4.98 Å². The summed E-state index contributed by atoms with van der Waals surface area (Å²) in [5.41, 5.74) is -0.385. The van der Waals surface area contributed by atoms with E-state index in [1.165, 1.54) is 0 Å². The van der Waals surface area contributed by atoms with Gasteiger partial charge in [0.1, 0.15) is 11.4 Å². The number of aromatic nitrogens is 2. The van der Waals surface area contributed by atoms with Crippen LogP contribution in [0.15, 0.2) is 12.4 Å². The van der Waals surface area contributed by atoms with Gasteiger partial charge in [0, 0.05) is 18.9 Å². The van der Waals surface area contributed by atoms with Gasteiger partial charge < -0.3 is 9.88 Å². The lowest BCUT2D eigenvalue weighted by Crippen LogP contribution is -2.37. The molecule has 16 heavy (non-hydrogen) atoms. The van der Waals surface area contributed by atoms with E-state index in [9.17, 15) is 0 Å². The van der Waals surface area contributed by atoms with Crippen LogP contribution >= 0.6 is 0 Å². The second-order valence-corrected chi connectivity index (χ2v) is 4.32. The third kappa shape index (κ3) is 3.35. The standard InChI is InChI=1S/C12H20N4/c1-11-15-7-9-16(11)8-5-4-6-12(2,10-13)14-3/h7,9,14H,4-6,8H2,1-3H3. The van der Waals surface area contributed by atoms with Crippen LogP contribution in [0.1, 0.15) is 32.0 Å². The highest BCUT2D eigenvalue weighted by molar-refractivity contribution is 5.02. The lowest BCUT2D eigenvalue weighted by atomic mass is 9.97. The molecule has 0 radical (unpaired) electrons. The molecule has 1 aromatic rings. The molecule has 0 aromatic carbocycles. The van der Waals surface area contributed by atoms with Crippen LogP contribution in [0, 0.1) is 18.3 Å². The minimum atomic E-state index is -0.385. The van der Waals surface area contributed by atoms with Gasteiger partial charge in [-0.15, -0.1) is 0 Å². The molecule has 0 aliphatic rings. The Balaban J connectivity index is 2.28. The average Bonchev–Trinajstić information content (AvgIpc) is 2.70. The largest absolute Gasteiger partial charge is 0.335 e. The van der Waals surface area contributed by atoms with Gasteiger partial charge in [-0.2, -0.15) is 5.26 Å². The molecule has 1 unspecified atom stereocenters. The summed E-state index contributed by atoms with van der Waals surface area (Å²) in [4.78, 5) is 4.17. The van der Waals surface area contributed by atoms with Crippen molar-refractivity contribution in [1.29, 1.82) is 5.26 Å². The third-order valence-electron chi connectivity index (χ3n) is 3.05. The van der Waals surface area contributed by atoms with Crippen molar-refractivity contribution in [2.75, 3.05) is 7.05 Å². The van der Waals surface area contributed by atoms with E-state index < -0.39 is 0 Å². The number of nitriles is 1. The highest BCUT2D eigenvalue weighted by Gasteiger charge is 2.19. The van der Waals surface area contributed by atoms with Crippen LogP contribution in [0.3, 0.4) is 0 Å². The minimum Gasteiger partial charge on any atom is -0.335 e. The molecule has 1 aromatic heterocycles. The number of aryl methyl sites for hydroxylation is 2. The van der Waals surface area contributed by atoms with Gasteiger partial charge in [0.05, 0.1) is 6.07 Å². The van der Waals surface area contributed by atoms with Gasteiger partial charge in [0.15, 0.2) is 0 Å². The summed E-state index contributed by atoms with van der Waals surface area (Å²) in [5, 5.41) is 12.0. The van der Waals surface area contributed by atoms with Gasteiger partial charge >= 0.3 is 0 Å². The normalized spacial score (nSPS) is 14.4. The van der Waals surface area contributed by atoms with Crippen LogP contribution < -0.4 is 5.32 Å². The fourth-order valence-corrected chi connectivity index (χ4v) is 1.64. The Morgan fingerprint density at radius 1 is 1.56 bits per heavy atom. The summed E-state index contributed by atoms with van der Waals surface area (Å²) >= 11 is 0. The molecule has 0 saturated carbocycles. The Morgan fingerprint density at radius 2 is 2.31 bits per heavy atom. The van der Waals surface area contributed by atoms with E-state index in [2.05, 4.69) is 20.9 Å². The fraction of sp³-hybridized carbons (Fsp3) is 0.667. The van der Waals surface area contributed by atoms with Crippen molar-refractivity contribution in [2.45, 2.75) is 45.2 Å². The molecule has 1 rings (SSSR count). The Bertz CT molecular complexity index is 363. The molecule has 1 N–H and O–H groups in total. The van der Waals surface area contributed by atoms with Gasteiger partial charge in [-0.3, -0.25) is 0 Å². The highest BCUT2D eigenvalue weighted by Crippen LogP contribution is 2.12. The Hall–Kier alpha value is -1.34.